The second-order valence-electron chi connectivity index (χ2n) is 5.74. The molecule has 1 aromatic heterocycles. The van der Waals surface area contributed by atoms with E-state index in [2.05, 4.69) is 0 Å². The molecule has 4 heteroatoms. The Morgan fingerprint density at radius 1 is 1.20 bits per heavy atom. The van der Waals surface area contributed by atoms with Crippen molar-refractivity contribution in [2.45, 2.75) is 57.6 Å². The number of fused-ring (bicyclic) bond motifs is 1. The average molecular weight is 275 g/mol. The molecule has 2 heterocycles. The lowest BCUT2D eigenvalue weighted by Gasteiger charge is -2.20. The van der Waals surface area contributed by atoms with E-state index in [0.717, 1.165) is 56.4 Å². The van der Waals surface area contributed by atoms with Gasteiger partial charge in [-0.15, -0.1) is 0 Å². The van der Waals surface area contributed by atoms with Crippen molar-refractivity contribution in [1.29, 1.82) is 0 Å². The highest BCUT2D eigenvalue weighted by molar-refractivity contribution is 5.97. The highest BCUT2D eigenvalue weighted by Gasteiger charge is 2.21. The zero-order valence-corrected chi connectivity index (χ0v) is 11.8. The zero-order chi connectivity index (χ0) is 13.9. The molecule has 1 aliphatic heterocycles. The van der Waals surface area contributed by atoms with Crippen LogP contribution in [0, 0.1) is 0 Å². The highest BCUT2D eigenvalue weighted by Crippen LogP contribution is 2.21. The summed E-state index contributed by atoms with van der Waals surface area (Å²) >= 11 is 0. The summed E-state index contributed by atoms with van der Waals surface area (Å²) < 4.78 is 7.42. The van der Waals surface area contributed by atoms with Crippen molar-refractivity contribution in [3.05, 3.63) is 33.7 Å². The van der Waals surface area contributed by atoms with Gasteiger partial charge in [-0.2, -0.15) is 0 Å². The van der Waals surface area contributed by atoms with Crippen molar-refractivity contribution in [3.63, 3.8) is 0 Å². The second kappa shape index (κ2) is 5.92. The van der Waals surface area contributed by atoms with E-state index >= 15 is 0 Å². The van der Waals surface area contributed by atoms with Crippen molar-refractivity contribution in [1.82, 2.24) is 4.57 Å². The van der Waals surface area contributed by atoms with Crippen LogP contribution < -0.4 is 5.56 Å². The molecule has 1 atom stereocenters. The number of hydrogen-bond acceptors (Lipinski definition) is 3. The summed E-state index contributed by atoms with van der Waals surface area (Å²) in [6, 6.07) is 3.24. The fourth-order valence-corrected chi connectivity index (χ4v) is 3.29. The predicted octanol–water partition coefficient (Wildman–Crippen LogP) is 2.33. The van der Waals surface area contributed by atoms with E-state index < -0.39 is 0 Å². The minimum Gasteiger partial charge on any atom is -0.378 e. The third-order valence-corrected chi connectivity index (χ3v) is 4.34. The topological polar surface area (TPSA) is 48.3 Å². The maximum atomic E-state index is 12.0. The van der Waals surface area contributed by atoms with Crippen molar-refractivity contribution >= 4 is 5.78 Å². The van der Waals surface area contributed by atoms with Gasteiger partial charge in [-0.05, 0) is 44.6 Å². The molecule has 1 saturated heterocycles. The van der Waals surface area contributed by atoms with Crippen molar-refractivity contribution in [2.75, 3.05) is 6.61 Å². The minimum atomic E-state index is 0.0193. The molecule has 1 aromatic rings. The van der Waals surface area contributed by atoms with Gasteiger partial charge in [0.05, 0.1) is 6.10 Å². The minimum absolute atomic E-state index is 0.0193. The lowest BCUT2D eigenvalue weighted by atomic mass is 9.94. The first kappa shape index (κ1) is 13.6. The van der Waals surface area contributed by atoms with Gasteiger partial charge in [0.15, 0.2) is 5.78 Å². The zero-order valence-electron chi connectivity index (χ0n) is 11.8. The molecule has 1 aliphatic carbocycles. The van der Waals surface area contributed by atoms with Crippen LogP contribution in [0.5, 0.6) is 0 Å². The molecule has 0 aromatic carbocycles. The molecule has 3 rings (SSSR count). The summed E-state index contributed by atoms with van der Waals surface area (Å²) in [5, 5.41) is 0. The molecule has 4 nitrogen and oxygen atoms in total. The number of hydrogen-bond donors (Lipinski definition) is 0. The lowest BCUT2D eigenvalue weighted by molar-refractivity contribution is 0.0966. The lowest BCUT2D eigenvalue weighted by Crippen LogP contribution is -2.28. The first-order valence-corrected chi connectivity index (χ1v) is 7.63. The summed E-state index contributed by atoms with van der Waals surface area (Å²) in [6.07, 6.45) is 6.92. The number of rotatable bonds is 4. The van der Waals surface area contributed by atoms with Crippen molar-refractivity contribution in [2.24, 2.45) is 0 Å². The van der Waals surface area contributed by atoms with Crippen molar-refractivity contribution in [3.8, 4) is 0 Å². The molecule has 0 saturated carbocycles. The Kier molecular flexibility index (Phi) is 4.01. The van der Waals surface area contributed by atoms with Gasteiger partial charge in [0.2, 0.25) is 0 Å². The summed E-state index contributed by atoms with van der Waals surface area (Å²) in [5.41, 5.74) is 1.72. The van der Waals surface area contributed by atoms with Crippen LogP contribution in [0.15, 0.2) is 16.9 Å². The van der Waals surface area contributed by atoms with Gasteiger partial charge in [0, 0.05) is 36.9 Å². The Hall–Kier alpha value is -1.42. The monoisotopic (exact) mass is 275 g/mol. The maximum Gasteiger partial charge on any atom is 0.250 e. The third kappa shape index (κ3) is 2.70. The van der Waals surface area contributed by atoms with Crippen LogP contribution in [0.3, 0.4) is 0 Å². The van der Waals surface area contributed by atoms with Crippen LogP contribution in [0.25, 0.3) is 0 Å². The summed E-state index contributed by atoms with van der Waals surface area (Å²) in [4.78, 5) is 23.9. The SMILES string of the molecule is O=C1CCCc2c1ccc(=O)n2CCCC1CCCO1. The Morgan fingerprint density at radius 3 is 2.90 bits per heavy atom. The average Bonchev–Trinajstić information content (AvgIpc) is 2.95. The highest BCUT2D eigenvalue weighted by atomic mass is 16.5. The molecule has 0 spiro atoms. The molecule has 1 fully saturated rings. The predicted molar refractivity (Wildman–Crippen MR) is 76.2 cm³/mol. The van der Waals surface area contributed by atoms with Gasteiger partial charge < -0.3 is 9.30 Å². The summed E-state index contributed by atoms with van der Waals surface area (Å²) in [7, 11) is 0. The van der Waals surface area contributed by atoms with Gasteiger partial charge >= 0.3 is 0 Å². The first-order valence-electron chi connectivity index (χ1n) is 7.63. The van der Waals surface area contributed by atoms with E-state index in [1.165, 1.54) is 6.07 Å². The van der Waals surface area contributed by atoms with E-state index in [0.29, 0.717) is 19.1 Å². The van der Waals surface area contributed by atoms with E-state index in [4.69, 9.17) is 4.74 Å². The maximum absolute atomic E-state index is 12.0. The number of nitrogens with zero attached hydrogens (tertiary/aromatic N) is 1. The number of ketones is 1. The van der Waals surface area contributed by atoms with Crippen LogP contribution in [-0.2, 0) is 17.7 Å². The molecule has 0 N–H and O–H groups in total. The molecule has 108 valence electrons. The summed E-state index contributed by atoms with van der Waals surface area (Å²) in [5.74, 6) is 0.180. The van der Waals surface area contributed by atoms with Crippen LogP contribution in [-0.4, -0.2) is 23.1 Å². The molecular formula is C16H21NO3. The Labute approximate surface area is 118 Å². The first-order chi connectivity index (χ1) is 9.75. The molecule has 2 aliphatic rings. The van der Waals surface area contributed by atoms with Crippen LogP contribution >= 0.6 is 0 Å². The number of aromatic nitrogens is 1. The Bertz CT molecular complexity index is 555. The fraction of sp³-hybridized carbons (Fsp3) is 0.625. The van der Waals surface area contributed by atoms with Gasteiger partial charge in [-0.25, -0.2) is 0 Å². The summed E-state index contributed by atoms with van der Waals surface area (Å²) in [6.45, 7) is 1.58. The fourth-order valence-electron chi connectivity index (χ4n) is 3.29. The number of ether oxygens (including phenoxy) is 1. The normalized spacial score (nSPS) is 22.0. The molecule has 0 amide bonds. The molecule has 0 bridgehead atoms. The van der Waals surface area contributed by atoms with Gasteiger partial charge in [-0.3, -0.25) is 9.59 Å². The smallest absolute Gasteiger partial charge is 0.250 e. The number of pyridine rings is 1. The van der Waals surface area contributed by atoms with Crippen LogP contribution in [0.2, 0.25) is 0 Å². The number of Topliss-reactive ketones (excluding diaryl/α,β-unsaturated/α-hetero) is 1. The molecule has 20 heavy (non-hydrogen) atoms. The number of carbonyl (C=O) groups is 1. The Morgan fingerprint density at radius 2 is 2.10 bits per heavy atom. The van der Waals surface area contributed by atoms with E-state index in [1.807, 2.05) is 0 Å². The van der Waals surface area contributed by atoms with Crippen LogP contribution in [0.4, 0.5) is 0 Å². The molecule has 0 radical (unpaired) electrons. The number of carbonyl (C=O) groups excluding carboxylic acids is 1. The van der Waals surface area contributed by atoms with Gasteiger partial charge in [-0.1, -0.05) is 0 Å². The molecule has 1 unspecified atom stereocenters. The van der Waals surface area contributed by atoms with Gasteiger partial charge in [0.25, 0.3) is 5.56 Å². The van der Waals surface area contributed by atoms with E-state index in [9.17, 15) is 9.59 Å². The quantitative estimate of drug-likeness (QED) is 0.847. The standard InChI is InChI=1S/C16H21NO3/c18-15-7-1-6-14-13(15)8-9-16(19)17(14)10-2-4-12-5-3-11-20-12/h8-9,12H,1-7,10-11H2. The largest absolute Gasteiger partial charge is 0.378 e. The Balaban J connectivity index is 1.73. The van der Waals surface area contributed by atoms with E-state index in [1.54, 1.807) is 10.6 Å². The third-order valence-electron chi connectivity index (χ3n) is 4.34. The van der Waals surface area contributed by atoms with E-state index in [-0.39, 0.29) is 11.3 Å². The second-order valence-corrected chi connectivity index (χ2v) is 5.74. The van der Waals surface area contributed by atoms with Crippen molar-refractivity contribution < 1.29 is 9.53 Å². The van der Waals surface area contributed by atoms with Crippen LogP contribution in [0.1, 0.15) is 54.6 Å². The molecular weight excluding hydrogens is 254 g/mol. The van der Waals surface area contributed by atoms with Gasteiger partial charge in [0.1, 0.15) is 0 Å².